The van der Waals surface area contributed by atoms with Crippen LogP contribution in [-0.4, -0.2) is 48.4 Å². The van der Waals surface area contributed by atoms with Crippen molar-refractivity contribution in [3.05, 3.63) is 108 Å². The van der Waals surface area contributed by atoms with Gasteiger partial charge in [-0.1, -0.05) is 54.6 Å². The molecule has 180 valence electrons. The van der Waals surface area contributed by atoms with E-state index in [0.29, 0.717) is 16.7 Å². The summed E-state index contributed by atoms with van der Waals surface area (Å²) in [5.41, 5.74) is -0.257. The van der Waals surface area contributed by atoms with Crippen LogP contribution in [0.4, 0.5) is 0 Å². The van der Waals surface area contributed by atoms with Gasteiger partial charge in [-0.3, -0.25) is 0 Å². The van der Waals surface area contributed by atoms with E-state index in [0.717, 1.165) is 0 Å². The summed E-state index contributed by atoms with van der Waals surface area (Å²) in [6.07, 6.45) is -2.52. The molecule has 0 saturated carbocycles. The zero-order valence-corrected chi connectivity index (χ0v) is 19.5. The summed E-state index contributed by atoms with van der Waals surface area (Å²) in [7, 11) is 0. The van der Waals surface area contributed by atoms with Crippen molar-refractivity contribution in [1.29, 1.82) is 0 Å². The van der Waals surface area contributed by atoms with Crippen LogP contribution in [0, 0.1) is 0 Å². The lowest BCUT2D eigenvalue weighted by Gasteiger charge is -2.33. The predicted molar refractivity (Wildman–Crippen MR) is 127 cm³/mol. The maximum absolute atomic E-state index is 12.9. The Morgan fingerprint density at radius 1 is 0.743 bits per heavy atom. The Hall–Kier alpha value is -3.97. The van der Waals surface area contributed by atoms with Gasteiger partial charge >= 0.3 is 17.9 Å². The van der Waals surface area contributed by atoms with Crippen LogP contribution in [0.5, 0.6) is 0 Å². The third-order valence-corrected chi connectivity index (χ3v) is 6.04. The van der Waals surface area contributed by atoms with Crippen molar-refractivity contribution in [3.63, 3.8) is 0 Å². The van der Waals surface area contributed by atoms with E-state index < -0.39 is 41.8 Å². The average Bonchev–Trinajstić information content (AvgIpc) is 3.12. The molecule has 4 rings (SSSR count). The number of benzene rings is 3. The normalized spacial score (nSPS) is 23.3. The molecule has 0 aliphatic carbocycles. The highest BCUT2D eigenvalue weighted by atomic mass is 16.7. The van der Waals surface area contributed by atoms with Crippen molar-refractivity contribution >= 4 is 17.9 Å². The topological polar surface area (TPSA) is 88.1 Å². The molecule has 1 aliphatic rings. The number of esters is 3. The minimum atomic E-state index is -1.33. The van der Waals surface area contributed by atoms with E-state index in [-0.39, 0.29) is 6.61 Å². The van der Waals surface area contributed by atoms with Crippen LogP contribution in [0.3, 0.4) is 0 Å². The molecule has 0 radical (unpaired) electrons. The summed E-state index contributed by atoms with van der Waals surface area (Å²) >= 11 is 0. The number of ether oxygens (including phenoxy) is 4. The van der Waals surface area contributed by atoms with Crippen LogP contribution in [0.15, 0.2) is 91.0 Å². The summed E-state index contributed by atoms with van der Waals surface area (Å²) in [5, 5.41) is 0. The van der Waals surface area contributed by atoms with Gasteiger partial charge < -0.3 is 18.9 Å². The lowest BCUT2D eigenvalue weighted by Crippen LogP contribution is -2.51. The molecule has 1 saturated heterocycles. The Balaban J connectivity index is 1.56. The molecule has 0 amide bonds. The summed E-state index contributed by atoms with van der Waals surface area (Å²) in [6, 6.07) is 25.5. The molecule has 35 heavy (non-hydrogen) atoms. The fraction of sp³-hybridized carbons (Fsp3) is 0.250. The molecule has 7 heteroatoms. The molecule has 0 spiro atoms. The van der Waals surface area contributed by atoms with Gasteiger partial charge in [0.05, 0.1) is 22.8 Å². The van der Waals surface area contributed by atoms with Crippen LogP contribution in [-0.2, 0) is 18.9 Å². The van der Waals surface area contributed by atoms with Crippen molar-refractivity contribution in [3.8, 4) is 0 Å². The van der Waals surface area contributed by atoms with Crippen molar-refractivity contribution < 1.29 is 33.3 Å². The van der Waals surface area contributed by atoms with E-state index in [1.54, 1.807) is 105 Å². The first-order chi connectivity index (χ1) is 16.9. The standard InChI is InChI=1S/C28H26O7/c1-19-28(2,35-27(31)22-16-10-5-11-17-22)24(34-26(30)21-14-8-4-9-15-21)23(33-19)18-32-25(29)20-12-6-3-7-13-20/h3-17,19,23-24H,18H2,1-2H3/t19?,23-,24-,28+/m1/s1. The van der Waals surface area contributed by atoms with E-state index in [4.69, 9.17) is 18.9 Å². The van der Waals surface area contributed by atoms with Gasteiger partial charge in [-0.15, -0.1) is 0 Å². The van der Waals surface area contributed by atoms with Crippen LogP contribution >= 0.6 is 0 Å². The van der Waals surface area contributed by atoms with E-state index in [2.05, 4.69) is 0 Å². The summed E-state index contributed by atoms with van der Waals surface area (Å²) in [6.45, 7) is 3.18. The number of carbonyl (C=O) groups excluding carboxylic acids is 3. The highest BCUT2D eigenvalue weighted by Gasteiger charge is 2.57. The maximum Gasteiger partial charge on any atom is 0.338 e. The van der Waals surface area contributed by atoms with E-state index in [9.17, 15) is 14.4 Å². The summed E-state index contributed by atoms with van der Waals surface area (Å²) < 4.78 is 23.2. The minimum Gasteiger partial charge on any atom is -0.459 e. The van der Waals surface area contributed by atoms with Crippen LogP contribution < -0.4 is 0 Å². The Morgan fingerprint density at radius 3 is 1.71 bits per heavy atom. The van der Waals surface area contributed by atoms with Crippen molar-refractivity contribution in [2.75, 3.05) is 6.61 Å². The zero-order valence-electron chi connectivity index (χ0n) is 19.5. The molecular weight excluding hydrogens is 448 g/mol. The smallest absolute Gasteiger partial charge is 0.338 e. The van der Waals surface area contributed by atoms with Gasteiger partial charge in [0.1, 0.15) is 12.7 Å². The lowest BCUT2D eigenvalue weighted by atomic mass is 9.92. The quantitative estimate of drug-likeness (QED) is 0.369. The molecule has 1 unspecified atom stereocenters. The Morgan fingerprint density at radius 2 is 1.20 bits per heavy atom. The van der Waals surface area contributed by atoms with Gasteiger partial charge in [-0.25, -0.2) is 14.4 Å². The second-order valence-electron chi connectivity index (χ2n) is 8.41. The van der Waals surface area contributed by atoms with Crippen molar-refractivity contribution in [1.82, 2.24) is 0 Å². The molecule has 1 heterocycles. The first-order valence-corrected chi connectivity index (χ1v) is 11.3. The fourth-order valence-electron chi connectivity index (χ4n) is 3.94. The van der Waals surface area contributed by atoms with Gasteiger partial charge in [0.2, 0.25) is 0 Å². The molecule has 7 nitrogen and oxygen atoms in total. The molecule has 1 fully saturated rings. The first kappa shape index (κ1) is 24.2. The molecule has 0 bridgehead atoms. The fourth-order valence-corrected chi connectivity index (χ4v) is 3.94. The average molecular weight is 475 g/mol. The first-order valence-electron chi connectivity index (χ1n) is 11.3. The van der Waals surface area contributed by atoms with Gasteiger partial charge in [-0.2, -0.15) is 0 Å². The molecule has 0 N–H and O–H groups in total. The predicted octanol–water partition coefficient (Wildman–Crippen LogP) is 4.47. The van der Waals surface area contributed by atoms with Gasteiger partial charge in [0.25, 0.3) is 0 Å². The Kier molecular flexibility index (Phi) is 7.27. The second-order valence-corrected chi connectivity index (χ2v) is 8.41. The van der Waals surface area contributed by atoms with E-state index in [1.165, 1.54) is 0 Å². The number of rotatable bonds is 7. The molecule has 3 aromatic rings. The highest BCUT2D eigenvalue weighted by molar-refractivity contribution is 5.91. The van der Waals surface area contributed by atoms with E-state index in [1.807, 2.05) is 0 Å². The molecular formula is C28H26O7. The third kappa shape index (κ3) is 5.41. The lowest BCUT2D eigenvalue weighted by molar-refractivity contribution is -0.0847. The van der Waals surface area contributed by atoms with Crippen LogP contribution in [0.1, 0.15) is 44.9 Å². The zero-order chi connectivity index (χ0) is 24.8. The summed E-state index contributed by atoms with van der Waals surface area (Å²) in [4.78, 5) is 38.3. The second kappa shape index (κ2) is 10.5. The Labute approximate surface area is 203 Å². The number of carbonyl (C=O) groups is 3. The minimum absolute atomic E-state index is 0.191. The Bertz CT molecular complexity index is 1160. The van der Waals surface area contributed by atoms with Crippen LogP contribution in [0.25, 0.3) is 0 Å². The monoisotopic (exact) mass is 474 g/mol. The molecule has 0 aromatic heterocycles. The molecule has 4 atom stereocenters. The third-order valence-electron chi connectivity index (χ3n) is 6.04. The van der Waals surface area contributed by atoms with Crippen LogP contribution in [0.2, 0.25) is 0 Å². The van der Waals surface area contributed by atoms with Crippen molar-refractivity contribution in [2.24, 2.45) is 0 Å². The largest absolute Gasteiger partial charge is 0.459 e. The van der Waals surface area contributed by atoms with Gasteiger partial charge in [-0.05, 0) is 50.2 Å². The van der Waals surface area contributed by atoms with Gasteiger partial charge in [0.15, 0.2) is 11.7 Å². The number of hydrogen-bond acceptors (Lipinski definition) is 7. The summed E-state index contributed by atoms with van der Waals surface area (Å²) in [5.74, 6) is -1.72. The van der Waals surface area contributed by atoms with E-state index >= 15 is 0 Å². The maximum atomic E-state index is 12.9. The molecule has 1 aliphatic heterocycles. The highest BCUT2D eigenvalue weighted by Crippen LogP contribution is 2.38. The van der Waals surface area contributed by atoms with Gasteiger partial charge in [0, 0.05) is 0 Å². The molecule has 3 aromatic carbocycles. The SMILES string of the molecule is CC1O[C@H](COC(=O)c2ccccc2)[C@@H](OC(=O)c2ccccc2)[C@@]1(C)OC(=O)c1ccccc1. The van der Waals surface area contributed by atoms with Crippen molar-refractivity contribution in [2.45, 2.75) is 37.8 Å². The number of hydrogen-bond donors (Lipinski definition) is 0.